The first-order chi connectivity index (χ1) is 10.4. The van der Waals surface area contributed by atoms with E-state index in [1.54, 1.807) is 26.8 Å². The highest BCUT2D eigenvalue weighted by Gasteiger charge is 2.27. The fraction of sp³-hybridized carbons (Fsp3) is 0.647. The Kier molecular flexibility index (Phi) is 5.27. The number of carbonyl (C=O) groups is 2. The molecule has 0 unspecified atom stereocenters. The molecule has 1 N–H and O–H groups in total. The van der Waals surface area contributed by atoms with Crippen molar-refractivity contribution in [2.75, 3.05) is 0 Å². The van der Waals surface area contributed by atoms with Crippen molar-refractivity contribution >= 4 is 11.9 Å². The molecular formula is C17H25NO4. The Morgan fingerprint density at radius 3 is 2.59 bits per heavy atom. The van der Waals surface area contributed by atoms with Crippen molar-refractivity contribution in [3.05, 3.63) is 23.2 Å². The van der Waals surface area contributed by atoms with Crippen LogP contribution in [-0.4, -0.2) is 24.0 Å². The molecule has 0 aliphatic heterocycles. The average molecular weight is 307 g/mol. The number of amides is 1. The summed E-state index contributed by atoms with van der Waals surface area (Å²) >= 11 is 0. The fourth-order valence-electron chi connectivity index (χ4n) is 2.94. The first-order valence-corrected chi connectivity index (χ1v) is 7.97. The molecule has 122 valence electrons. The van der Waals surface area contributed by atoms with Gasteiger partial charge in [0, 0.05) is 6.04 Å². The lowest BCUT2D eigenvalue weighted by Crippen LogP contribution is -2.46. The molecule has 22 heavy (non-hydrogen) atoms. The molecule has 1 heterocycles. The van der Waals surface area contributed by atoms with Crippen molar-refractivity contribution < 1.29 is 18.7 Å². The fourth-order valence-corrected chi connectivity index (χ4v) is 2.94. The van der Waals surface area contributed by atoms with Gasteiger partial charge >= 0.3 is 5.97 Å². The number of carbonyl (C=O) groups excluding carboxylic acids is 2. The van der Waals surface area contributed by atoms with Crippen LogP contribution in [0.2, 0.25) is 0 Å². The molecule has 2 rings (SSSR count). The van der Waals surface area contributed by atoms with Crippen LogP contribution >= 0.6 is 0 Å². The second kappa shape index (κ2) is 6.99. The Bertz CT molecular complexity index is 549. The SMILES string of the molecule is Cc1cc(C(=O)O[C@@H](C)C(=O)N[C@@H]2CCCC[C@@H]2C)c(C)o1. The first-order valence-electron chi connectivity index (χ1n) is 7.97. The Labute approximate surface area is 131 Å². The first kappa shape index (κ1) is 16.6. The van der Waals surface area contributed by atoms with Crippen LogP contribution in [0.25, 0.3) is 0 Å². The normalized spacial score (nSPS) is 22.9. The minimum atomic E-state index is -0.809. The van der Waals surface area contributed by atoms with Gasteiger partial charge in [-0.2, -0.15) is 0 Å². The zero-order valence-electron chi connectivity index (χ0n) is 13.8. The predicted molar refractivity (Wildman–Crippen MR) is 82.6 cm³/mol. The van der Waals surface area contributed by atoms with Crippen molar-refractivity contribution in [1.29, 1.82) is 0 Å². The molecule has 1 aromatic rings. The topological polar surface area (TPSA) is 68.5 Å². The standard InChI is InChI=1S/C17H25NO4/c1-10-7-5-6-8-15(10)18-16(19)13(4)22-17(20)14-9-11(2)21-12(14)3/h9-10,13,15H,5-8H2,1-4H3,(H,18,19)/t10-,13-,15+/m0/s1. The lowest BCUT2D eigenvalue weighted by molar-refractivity contribution is -0.130. The van der Waals surface area contributed by atoms with Gasteiger partial charge in [-0.3, -0.25) is 4.79 Å². The van der Waals surface area contributed by atoms with E-state index in [0.717, 1.165) is 19.3 Å². The summed E-state index contributed by atoms with van der Waals surface area (Å²) in [6, 6.07) is 1.81. The third kappa shape index (κ3) is 3.90. The molecule has 1 amide bonds. The van der Waals surface area contributed by atoms with E-state index >= 15 is 0 Å². The molecule has 3 atom stereocenters. The molecule has 5 nitrogen and oxygen atoms in total. The molecule has 0 radical (unpaired) electrons. The van der Waals surface area contributed by atoms with Crippen LogP contribution in [-0.2, 0) is 9.53 Å². The second-order valence-corrected chi connectivity index (χ2v) is 6.25. The number of hydrogen-bond donors (Lipinski definition) is 1. The van der Waals surface area contributed by atoms with Crippen LogP contribution in [0.5, 0.6) is 0 Å². The Balaban J connectivity index is 1.90. The Morgan fingerprint density at radius 1 is 1.32 bits per heavy atom. The monoisotopic (exact) mass is 307 g/mol. The molecule has 0 bridgehead atoms. The molecule has 1 fully saturated rings. The van der Waals surface area contributed by atoms with Crippen LogP contribution in [0.3, 0.4) is 0 Å². The summed E-state index contributed by atoms with van der Waals surface area (Å²) < 4.78 is 10.6. The van der Waals surface area contributed by atoms with Gasteiger partial charge in [-0.25, -0.2) is 4.79 Å². The van der Waals surface area contributed by atoms with Crippen molar-refractivity contribution in [3.63, 3.8) is 0 Å². The van der Waals surface area contributed by atoms with E-state index in [2.05, 4.69) is 12.2 Å². The van der Waals surface area contributed by atoms with E-state index in [4.69, 9.17) is 9.15 Å². The van der Waals surface area contributed by atoms with Crippen LogP contribution in [0.1, 0.15) is 61.4 Å². The van der Waals surface area contributed by atoms with Crippen molar-refractivity contribution in [3.8, 4) is 0 Å². The van der Waals surface area contributed by atoms with Gasteiger partial charge in [0.05, 0.1) is 0 Å². The number of esters is 1. The number of furan rings is 1. The van der Waals surface area contributed by atoms with Gasteiger partial charge in [-0.1, -0.05) is 19.8 Å². The van der Waals surface area contributed by atoms with E-state index in [1.807, 2.05) is 0 Å². The highest BCUT2D eigenvalue weighted by molar-refractivity contribution is 5.93. The molecule has 1 aromatic heterocycles. The quantitative estimate of drug-likeness (QED) is 0.868. The lowest BCUT2D eigenvalue weighted by Gasteiger charge is -2.30. The van der Waals surface area contributed by atoms with Gasteiger partial charge < -0.3 is 14.5 Å². The van der Waals surface area contributed by atoms with Crippen LogP contribution in [0, 0.1) is 19.8 Å². The van der Waals surface area contributed by atoms with E-state index in [-0.39, 0.29) is 11.9 Å². The Hall–Kier alpha value is -1.78. The summed E-state index contributed by atoms with van der Waals surface area (Å²) in [4.78, 5) is 24.3. The van der Waals surface area contributed by atoms with Crippen LogP contribution in [0.15, 0.2) is 10.5 Å². The zero-order valence-corrected chi connectivity index (χ0v) is 13.8. The van der Waals surface area contributed by atoms with Crippen LogP contribution in [0.4, 0.5) is 0 Å². The molecular weight excluding hydrogens is 282 g/mol. The molecule has 0 spiro atoms. The molecule has 0 aromatic carbocycles. The van der Waals surface area contributed by atoms with Gasteiger partial charge in [0.2, 0.25) is 0 Å². The average Bonchev–Trinajstić information content (AvgIpc) is 2.80. The van der Waals surface area contributed by atoms with Gasteiger partial charge in [-0.15, -0.1) is 0 Å². The maximum absolute atomic E-state index is 12.2. The minimum Gasteiger partial charge on any atom is -0.466 e. The number of aryl methyl sites for hydroxylation is 2. The summed E-state index contributed by atoms with van der Waals surface area (Å²) in [5.41, 5.74) is 0.378. The summed E-state index contributed by atoms with van der Waals surface area (Å²) in [5, 5.41) is 3.01. The van der Waals surface area contributed by atoms with E-state index in [9.17, 15) is 9.59 Å². The highest BCUT2D eigenvalue weighted by Crippen LogP contribution is 2.24. The Morgan fingerprint density at radius 2 is 2.00 bits per heavy atom. The third-order valence-corrected chi connectivity index (χ3v) is 4.35. The maximum atomic E-state index is 12.2. The number of nitrogens with one attached hydrogen (secondary N) is 1. The minimum absolute atomic E-state index is 0.181. The molecule has 1 saturated carbocycles. The summed E-state index contributed by atoms with van der Waals surface area (Å²) in [5.74, 6) is 0.881. The van der Waals surface area contributed by atoms with E-state index in [0.29, 0.717) is 23.0 Å². The summed E-state index contributed by atoms with van der Waals surface area (Å²) in [6.07, 6.45) is 3.67. The molecule has 0 saturated heterocycles. The van der Waals surface area contributed by atoms with Gasteiger partial charge in [-0.05, 0) is 45.6 Å². The molecule has 5 heteroatoms. The largest absolute Gasteiger partial charge is 0.466 e. The second-order valence-electron chi connectivity index (χ2n) is 6.25. The predicted octanol–water partition coefficient (Wildman–Crippen LogP) is 3.14. The van der Waals surface area contributed by atoms with E-state index < -0.39 is 12.1 Å². The molecule has 1 aliphatic carbocycles. The lowest BCUT2D eigenvalue weighted by atomic mass is 9.86. The van der Waals surface area contributed by atoms with Crippen molar-refractivity contribution in [2.45, 2.75) is 65.5 Å². The third-order valence-electron chi connectivity index (χ3n) is 4.35. The summed E-state index contributed by atoms with van der Waals surface area (Å²) in [7, 11) is 0. The zero-order chi connectivity index (χ0) is 16.3. The summed E-state index contributed by atoms with van der Waals surface area (Å²) in [6.45, 7) is 7.23. The maximum Gasteiger partial charge on any atom is 0.342 e. The number of ether oxygens (including phenoxy) is 1. The van der Waals surface area contributed by atoms with Gasteiger partial charge in [0.1, 0.15) is 17.1 Å². The van der Waals surface area contributed by atoms with Crippen LogP contribution < -0.4 is 5.32 Å². The highest BCUT2D eigenvalue weighted by atomic mass is 16.5. The number of hydrogen-bond acceptors (Lipinski definition) is 4. The van der Waals surface area contributed by atoms with Crippen molar-refractivity contribution in [1.82, 2.24) is 5.32 Å². The smallest absolute Gasteiger partial charge is 0.342 e. The van der Waals surface area contributed by atoms with Gasteiger partial charge in [0.15, 0.2) is 6.10 Å². The van der Waals surface area contributed by atoms with Gasteiger partial charge in [0.25, 0.3) is 5.91 Å². The van der Waals surface area contributed by atoms with Crippen molar-refractivity contribution in [2.24, 2.45) is 5.92 Å². The number of rotatable bonds is 4. The molecule has 1 aliphatic rings. The van der Waals surface area contributed by atoms with E-state index in [1.165, 1.54) is 6.42 Å².